The van der Waals surface area contributed by atoms with Gasteiger partial charge in [0.05, 0.1) is 11.3 Å². The highest BCUT2D eigenvalue weighted by Crippen LogP contribution is 2.30. The first-order chi connectivity index (χ1) is 7.72. The molecule has 0 amide bonds. The quantitative estimate of drug-likeness (QED) is 0.887. The van der Waals surface area contributed by atoms with Crippen LogP contribution < -0.4 is 5.32 Å². The Hall–Kier alpha value is -1.20. The SMILES string of the molecule is CCNCc1cnc(-c2c(C)noc2C)s1. The molecule has 0 atom stereocenters. The second-order valence-corrected chi connectivity index (χ2v) is 4.73. The minimum Gasteiger partial charge on any atom is -0.361 e. The number of rotatable bonds is 4. The number of nitrogens with one attached hydrogen (secondary N) is 1. The van der Waals surface area contributed by atoms with Gasteiger partial charge in [-0.05, 0) is 20.4 Å². The summed E-state index contributed by atoms with van der Waals surface area (Å²) in [5.41, 5.74) is 1.94. The fourth-order valence-electron chi connectivity index (χ4n) is 1.54. The standard InChI is InChI=1S/C11H15N3OS/c1-4-12-5-9-6-13-11(16-9)10-7(2)14-15-8(10)3/h6,12H,4-5H2,1-3H3. The van der Waals surface area contributed by atoms with Crippen LogP contribution in [0.4, 0.5) is 0 Å². The number of aromatic nitrogens is 2. The van der Waals surface area contributed by atoms with Crippen molar-refractivity contribution in [1.82, 2.24) is 15.5 Å². The summed E-state index contributed by atoms with van der Waals surface area (Å²) in [6.45, 7) is 7.80. The minimum atomic E-state index is 0.835. The smallest absolute Gasteiger partial charge is 0.144 e. The molecule has 0 radical (unpaired) electrons. The van der Waals surface area contributed by atoms with Crippen LogP contribution >= 0.6 is 11.3 Å². The van der Waals surface area contributed by atoms with E-state index in [0.717, 1.165) is 35.1 Å². The van der Waals surface area contributed by atoms with Crippen LogP contribution in [0.15, 0.2) is 10.7 Å². The molecule has 1 N–H and O–H groups in total. The Kier molecular flexibility index (Phi) is 3.36. The summed E-state index contributed by atoms with van der Waals surface area (Å²) in [6.07, 6.45) is 1.91. The van der Waals surface area contributed by atoms with Crippen LogP contribution in [0.1, 0.15) is 23.3 Å². The molecule has 0 saturated heterocycles. The summed E-state index contributed by atoms with van der Waals surface area (Å²) in [6, 6.07) is 0. The van der Waals surface area contributed by atoms with Crippen molar-refractivity contribution in [2.45, 2.75) is 27.3 Å². The van der Waals surface area contributed by atoms with Crippen molar-refractivity contribution in [3.05, 3.63) is 22.5 Å². The van der Waals surface area contributed by atoms with Crippen LogP contribution in [0.25, 0.3) is 10.6 Å². The molecule has 0 spiro atoms. The lowest BCUT2D eigenvalue weighted by Gasteiger charge is -1.95. The van der Waals surface area contributed by atoms with Gasteiger partial charge in [-0.3, -0.25) is 0 Å². The molecule has 0 unspecified atom stereocenters. The monoisotopic (exact) mass is 237 g/mol. The Morgan fingerprint density at radius 2 is 2.25 bits per heavy atom. The number of nitrogens with zero attached hydrogens (tertiary/aromatic N) is 2. The molecule has 0 fully saturated rings. The van der Waals surface area contributed by atoms with Crippen LogP contribution in [-0.4, -0.2) is 16.7 Å². The van der Waals surface area contributed by atoms with Gasteiger partial charge in [0.15, 0.2) is 0 Å². The molecule has 2 aromatic rings. The Morgan fingerprint density at radius 3 is 2.88 bits per heavy atom. The molecule has 16 heavy (non-hydrogen) atoms. The third-order valence-electron chi connectivity index (χ3n) is 2.35. The van der Waals surface area contributed by atoms with Gasteiger partial charge in [0.1, 0.15) is 10.8 Å². The minimum absolute atomic E-state index is 0.835. The third-order valence-corrected chi connectivity index (χ3v) is 3.36. The molecule has 0 aliphatic heterocycles. The van der Waals surface area contributed by atoms with Crippen LogP contribution in [-0.2, 0) is 6.54 Å². The second-order valence-electron chi connectivity index (χ2n) is 3.61. The molecule has 0 saturated carbocycles. The van der Waals surface area contributed by atoms with Crippen molar-refractivity contribution in [2.75, 3.05) is 6.54 Å². The van der Waals surface area contributed by atoms with Gasteiger partial charge in [-0.15, -0.1) is 11.3 Å². The zero-order chi connectivity index (χ0) is 11.5. The average Bonchev–Trinajstić information content (AvgIpc) is 2.83. The van der Waals surface area contributed by atoms with E-state index in [1.54, 1.807) is 11.3 Å². The van der Waals surface area contributed by atoms with Gasteiger partial charge in [-0.25, -0.2) is 4.98 Å². The lowest BCUT2D eigenvalue weighted by molar-refractivity contribution is 0.393. The van der Waals surface area contributed by atoms with Crippen molar-refractivity contribution < 1.29 is 4.52 Å². The lowest BCUT2D eigenvalue weighted by Crippen LogP contribution is -2.10. The van der Waals surface area contributed by atoms with E-state index in [-0.39, 0.29) is 0 Å². The first-order valence-corrected chi connectivity index (χ1v) is 6.12. The van der Waals surface area contributed by atoms with Crippen LogP contribution in [0.2, 0.25) is 0 Å². The topological polar surface area (TPSA) is 51.0 Å². The maximum Gasteiger partial charge on any atom is 0.144 e. The molecule has 0 aromatic carbocycles. The van der Waals surface area contributed by atoms with E-state index in [1.165, 1.54) is 4.88 Å². The predicted molar refractivity (Wildman–Crippen MR) is 64.5 cm³/mol. The largest absolute Gasteiger partial charge is 0.361 e. The number of hydrogen-bond donors (Lipinski definition) is 1. The van der Waals surface area contributed by atoms with Crippen molar-refractivity contribution in [3.8, 4) is 10.6 Å². The van der Waals surface area contributed by atoms with E-state index in [1.807, 2.05) is 20.0 Å². The second kappa shape index (κ2) is 4.76. The van der Waals surface area contributed by atoms with Crippen molar-refractivity contribution >= 4 is 11.3 Å². The van der Waals surface area contributed by atoms with Crippen LogP contribution in [0.5, 0.6) is 0 Å². The summed E-state index contributed by atoms with van der Waals surface area (Å²) in [5.74, 6) is 0.835. The molecule has 2 rings (SSSR count). The fraction of sp³-hybridized carbons (Fsp3) is 0.455. The molecule has 0 bridgehead atoms. The summed E-state index contributed by atoms with van der Waals surface area (Å²) in [4.78, 5) is 5.64. The lowest BCUT2D eigenvalue weighted by atomic mass is 10.2. The first-order valence-electron chi connectivity index (χ1n) is 5.31. The number of aryl methyl sites for hydroxylation is 2. The van der Waals surface area contributed by atoms with Crippen LogP contribution in [0, 0.1) is 13.8 Å². The molecule has 5 heteroatoms. The summed E-state index contributed by atoms with van der Waals surface area (Å²) in [5, 5.41) is 8.21. The van der Waals surface area contributed by atoms with E-state index in [2.05, 4.69) is 22.4 Å². The summed E-state index contributed by atoms with van der Waals surface area (Å²) in [7, 11) is 0. The van der Waals surface area contributed by atoms with E-state index >= 15 is 0 Å². The highest BCUT2D eigenvalue weighted by atomic mass is 32.1. The third kappa shape index (κ3) is 2.15. The molecule has 2 heterocycles. The Balaban J connectivity index is 2.25. The maximum absolute atomic E-state index is 5.14. The molecular weight excluding hydrogens is 222 g/mol. The Morgan fingerprint density at radius 1 is 1.44 bits per heavy atom. The van der Waals surface area contributed by atoms with Gasteiger partial charge in [0, 0.05) is 17.6 Å². The van der Waals surface area contributed by atoms with E-state index in [0.29, 0.717) is 0 Å². The highest BCUT2D eigenvalue weighted by Gasteiger charge is 2.14. The van der Waals surface area contributed by atoms with Crippen molar-refractivity contribution in [1.29, 1.82) is 0 Å². The fourth-order valence-corrected chi connectivity index (χ4v) is 2.57. The van der Waals surface area contributed by atoms with Crippen molar-refractivity contribution in [3.63, 3.8) is 0 Å². The van der Waals surface area contributed by atoms with E-state index in [9.17, 15) is 0 Å². The number of thiazole rings is 1. The molecule has 2 aromatic heterocycles. The molecule has 0 aliphatic carbocycles. The van der Waals surface area contributed by atoms with Crippen LogP contribution in [0.3, 0.4) is 0 Å². The van der Waals surface area contributed by atoms with Gasteiger partial charge in [0.25, 0.3) is 0 Å². The Labute approximate surface area is 98.7 Å². The number of hydrogen-bond acceptors (Lipinski definition) is 5. The first kappa shape index (κ1) is 11.3. The summed E-state index contributed by atoms with van der Waals surface area (Å²) >= 11 is 1.69. The zero-order valence-corrected chi connectivity index (χ0v) is 10.5. The zero-order valence-electron chi connectivity index (χ0n) is 9.70. The van der Waals surface area contributed by atoms with Gasteiger partial charge in [-0.2, -0.15) is 0 Å². The van der Waals surface area contributed by atoms with Gasteiger partial charge >= 0.3 is 0 Å². The maximum atomic E-state index is 5.14. The molecular formula is C11H15N3OS. The predicted octanol–water partition coefficient (Wildman–Crippen LogP) is 2.52. The molecule has 0 aliphatic rings. The Bertz CT molecular complexity index is 456. The van der Waals surface area contributed by atoms with E-state index in [4.69, 9.17) is 4.52 Å². The molecule has 4 nitrogen and oxygen atoms in total. The van der Waals surface area contributed by atoms with E-state index < -0.39 is 0 Å². The van der Waals surface area contributed by atoms with Gasteiger partial charge < -0.3 is 9.84 Å². The van der Waals surface area contributed by atoms with Gasteiger partial charge in [0.2, 0.25) is 0 Å². The summed E-state index contributed by atoms with van der Waals surface area (Å²) < 4.78 is 5.14. The highest BCUT2D eigenvalue weighted by molar-refractivity contribution is 7.15. The normalized spacial score (nSPS) is 10.9. The van der Waals surface area contributed by atoms with Crippen molar-refractivity contribution in [2.24, 2.45) is 0 Å². The van der Waals surface area contributed by atoms with Gasteiger partial charge in [-0.1, -0.05) is 12.1 Å². The molecule has 86 valence electrons. The average molecular weight is 237 g/mol.